The van der Waals surface area contributed by atoms with E-state index in [-0.39, 0.29) is 11.9 Å². The third-order valence-corrected chi connectivity index (χ3v) is 6.36. The molecule has 2 aliphatic heterocycles. The summed E-state index contributed by atoms with van der Waals surface area (Å²) in [5.41, 5.74) is 3.34. The summed E-state index contributed by atoms with van der Waals surface area (Å²) in [4.78, 5) is 15.3. The molecule has 2 atom stereocenters. The maximum absolute atomic E-state index is 12.7. The first kappa shape index (κ1) is 19.0. The van der Waals surface area contributed by atoms with E-state index < -0.39 is 0 Å². The van der Waals surface area contributed by atoms with Crippen LogP contribution < -0.4 is 14.8 Å². The third-order valence-electron chi connectivity index (χ3n) is 6.36. The van der Waals surface area contributed by atoms with E-state index in [0.717, 1.165) is 54.8 Å². The van der Waals surface area contributed by atoms with Crippen molar-refractivity contribution in [2.75, 3.05) is 20.8 Å². The van der Waals surface area contributed by atoms with Gasteiger partial charge in [0.1, 0.15) is 5.58 Å². The van der Waals surface area contributed by atoms with Gasteiger partial charge in [0.15, 0.2) is 17.3 Å². The zero-order valence-corrected chi connectivity index (χ0v) is 17.3. The summed E-state index contributed by atoms with van der Waals surface area (Å²) in [7, 11) is 3.34. The minimum absolute atomic E-state index is 0.132. The predicted octanol–water partition coefficient (Wildman–Crippen LogP) is 3.77. The van der Waals surface area contributed by atoms with Crippen LogP contribution in [0.1, 0.15) is 34.5 Å². The van der Waals surface area contributed by atoms with Gasteiger partial charge in [0.25, 0.3) is 5.91 Å². The Bertz CT molecular complexity index is 1060. The number of carbonyl (C=O) groups excluding carboxylic acids is 1. The normalized spacial score (nSPS) is 21.0. The molecule has 156 valence electrons. The van der Waals surface area contributed by atoms with E-state index in [4.69, 9.17) is 13.9 Å². The van der Waals surface area contributed by atoms with Gasteiger partial charge >= 0.3 is 0 Å². The maximum Gasteiger partial charge on any atom is 0.287 e. The minimum Gasteiger partial charge on any atom is -0.493 e. The van der Waals surface area contributed by atoms with E-state index in [1.54, 1.807) is 14.2 Å². The van der Waals surface area contributed by atoms with Crippen LogP contribution in [-0.2, 0) is 13.0 Å². The van der Waals surface area contributed by atoms with Gasteiger partial charge in [0.2, 0.25) is 0 Å². The number of furan rings is 1. The Balaban J connectivity index is 1.29. The Morgan fingerprint density at radius 3 is 2.63 bits per heavy atom. The number of hydrogen-bond donors (Lipinski definition) is 1. The van der Waals surface area contributed by atoms with Crippen molar-refractivity contribution in [1.29, 1.82) is 0 Å². The predicted molar refractivity (Wildman–Crippen MR) is 114 cm³/mol. The summed E-state index contributed by atoms with van der Waals surface area (Å²) in [6.07, 6.45) is 2.82. The molecule has 1 N–H and O–H groups in total. The average molecular weight is 406 g/mol. The van der Waals surface area contributed by atoms with E-state index >= 15 is 0 Å². The number of carbonyl (C=O) groups is 1. The molecule has 1 amide bonds. The standard InChI is InChI=1S/C24H26N2O4/c1-28-21-11-16-9-19-13-18(7-8-26(19)14-17(16)12-22(21)29-2)25-24(27)23-10-15-5-3-4-6-20(15)30-23/h3-6,10-12,18-19H,7-9,13-14H2,1-2H3,(H,25,27)/t18-,19-/m0/s1. The summed E-state index contributed by atoms with van der Waals surface area (Å²) in [6.45, 7) is 1.87. The summed E-state index contributed by atoms with van der Waals surface area (Å²) < 4.78 is 16.7. The Labute approximate surface area is 175 Å². The molecule has 1 saturated heterocycles. The van der Waals surface area contributed by atoms with Crippen molar-refractivity contribution in [3.8, 4) is 11.5 Å². The first-order chi connectivity index (χ1) is 14.6. The molecule has 6 heteroatoms. The summed E-state index contributed by atoms with van der Waals surface area (Å²) >= 11 is 0. The molecule has 2 aliphatic rings. The molecule has 0 spiro atoms. The molecule has 5 rings (SSSR count). The van der Waals surface area contributed by atoms with Crippen molar-refractivity contribution in [2.24, 2.45) is 0 Å². The summed E-state index contributed by atoms with van der Waals surface area (Å²) in [5, 5.41) is 4.14. The molecule has 1 fully saturated rings. The van der Waals surface area contributed by atoms with E-state index in [1.807, 2.05) is 30.3 Å². The molecule has 6 nitrogen and oxygen atoms in total. The average Bonchev–Trinajstić information content (AvgIpc) is 3.21. The fourth-order valence-corrected chi connectivity index (χ4v) is 4.77. The number of hydrogen-bond acceptors (Lipinski definition) is 5. The largest absolute Gasteiger partial charge is 0.493 e. The van der Waals surface area contributed by atoms with Crippen LogP contribution in [0.2, 0.25) is 0 Å². The second kappa shape index (κ2) is 7.69. The second-order valence-corrected chi connectivity index (χ2v) is 8.15. The molecule has 0 saturated carbocycles. The van der Waals surface area contributed by atoms with Crippen molar-refractivity contribution in [1.82, 2.24) is 10.2 Å². The zero-order chi connectivity index (χ0) is 20.7. The fourth-order valence-electron chi connectivity index (χ4n) is 4.77. The topological polar surface area (TPSA) is 63.9 Å². The van der Waals surface area contributed by atoms with Crippen molar-refractivity contribution in [3.05, 3.63) is 59.4 Å². The molecule has 30 heavy (non-hydrogen) atoms. The molecular formula is C24H26N2O4. The molecule has 0 bridgehead atoms. The van der Waals surface area contributed by atoms with Gasteiger partial charge in [-0.05, 0) is 54.7 Å². The van der Waals surface area contributed by atoms with Crippen molar-refractivity contribution in [2.45, 2.75) is 37.9 Å². The molecule has 0 radical (unpaired) electrons. The maximum atomic E-state index is 12.7. The van der Waals surface area contributed by atoms with Crippen LogP contribution in [-0.4, -0.2) is 43.7 Å². The number of nitrogens with one attached hydrogen (secondary N) is 1. The second-order valence-electron chi connectivity index (χ2n) is 8.15. The SMILES string of the molecule is COc1cc2c(cc1OC)CN1CC[C@H](NC(=O)c3cc4ccccc4o3)C[C@@H]1C2. The number of ether oxygens (including phenoxy) is 2. The Morgan fingerprint density at radius 1 is 1.10 bits per heavy atom. The van der Waals surface area contributed by atoms with Crippen molar-refractivity contribution in [3.63, 3.8) is 0 Å². The molecular weight excluding hydrogens is 380 g/mol. The highest BCUT2D eigenvalue weighted by molar-refractivity contribution is 5.96. The van der Waals surface area contributed by atoms with Crippen LogP contribution in [0.4, 0.5) is 0 Å². The number of rotatable bonds is 4. The molecule has 0 aliphatic carbocycles. The number of piperidine rings is 1. The minimum atomic E-state index is -0.132. The van der Waals surface area contributed by atoms with E-state index in [0.29, 0.717) is 11.8 Å². The Morgan fingerprint density at radius 2 is 1.87 bits per heavy atom. The van der Waals surface area contributed by atoms with E-state index in [9.17, 15) is 4.79 Å². The van der Waals surface area contributed by atoms with Crippen molar-refractivity contribution >= 4 is 16.9 Å². The molecule has 3 aromatic rings. The van der Waals surface area contributed by atoms with Gasteiger partial charge in [-0.3, -0.25) is 9.69 Å². The van der Waals surface area contributed by atoms with Gasteiger partial charge in [-0.1, -0.05) is 18.2 Å². The van der Waals surface area contributed by atoms with E-state index in [1.165, 1.54) is 11.1 Å². The number of para-hydroxylation sites is 1. The number of amides is 1. The molecule has 1 aromatic heterocycles. The van der Waals surface area contributed by atoms with Crippen LogP contribution in [0, 0.1) is 0 Å². The number of benzene rings is 2. The Hall–Kier alpha value is -2.99. The summed E-state index contributed by atoms with van der Waals surface area (Å²) in [6, 6.07) is 14.3. The lowest BCUT2D eigenvalue weighted by molar-refractivity contribution is 0.0801. The fraction of sp³-hybridized carbons (Fsp3) is 0.375. The quantitative estimate of drug-likeness (QED) is 0.715. The molecule has 3 heterocycles. The lowest BCUT2D eigenvalue weighted by Crippen LogP contribution is -2.51. The monoisotopic (exact) mass is 406 g/mol. The van der Waals surface area contributed by atoms with Gasteiger partial charge in [0, 0.05) is 30.6 Å². The third kappa shape index (κ3) is 3.41. The van der Waals surface area contributed by atoms with Crippen LogP contribution in [0.25, 0.3) is 11.0 Å². The van der Waals surface area contributed by atoms with Crippen LogP contribution in [0.3, 0.4) is 0 Å². The lowest BCUT2D eigenvalue weighted by Gasteiger charge is -2.43. The van der Waals surface area contributed by atoms with Crippen LogP contribution >= 0.6 is 0 Å². The number of nitrogens with zero attached hydrogens (tertiary/aromatic N) is 1. The van der Waals surface area contributed by atoms with Crippen LogP contribution in [0.15, 0.2) is 46.9 Å². The van der Waals surface area contributed by atoms with Gasteiger partial charge in [-0.25, -0.2) is 0 Å². The van der Waals surface area contributed by atoms with Gasteiger partial charge in [-0.15, -0.1) is 0 Å². The molecule has 0 unspecified atom stereocenters. The first-order valence-corrected chi connectivity index (χ1v) is 10.4. The van der Waals surface area contributed by atoms with Gasteiger partial charge < -0.3 is 19.2 Å². The van der Waals surface area contributed by atoms with Crippen molar-refractivity contribution < 1.29 is 18.7 Å². The van der Waals surface area contributed by atoms with Gasteiger partial charge in [-0.2, -0.15) is 0 Å². The lowest BCUT2D eigenvalue weighted by atomic mass is 9.86. The van der Waals surface area contributed by atoms with Gasteiger partial charge in [0.05, 0.1) is 14.2 Å². The van der Waals surface area contributed by atoms with Crippen LogP contribution in [0.5, 0.6) is 11.5 Å². The highest BCUT2D eigenvalue weighted by Crippen LogP contribution is 2.36. The number of methoxy groups -OCH3 is 2. The summed E-state index contributed by atoms with van der Waals surface area (Å²) in [5.74, 6) is 1.80. The zero-order valence-electron chi connectivity index (χ0n) is 17.3. The Kier molecular flexibility index (Phi) is 4.87. The first-order valence-electron chi connectivity index (χ1n) is 10.4. The number of fused-ring (bicyclic) bond motifs is 3. The highest BCUT2D eigenvalue weighted by Gasteiger charge is 2.34. The van der Waals surface area contributed by atoms with E-state index in [2.05, 4.69) is 22.3 Å². The highest BCUT2D eigenvalue weighted by atomic mass is 16.5. The smallest absolute Gasteiger partial charge is 0.287 e. The molecule has 2 aromatic carbocycles.